The number of ether oxygens (including phenoxy) is 1. The average molecular weight is 306 g/mol. The number of hydrogen-bond donors (Lipinski definition) is 1. The van der Waals surface area contributed by atoms with Gasteiger partial charge in [-0.1, -0.05) is 0 Å². The fourth-order valence-corrected chi connectivity index (χ4v) is 2.48. The molecule has 2 heterocycles. The summed E-state index contributed by atoms with van der Waals surface area (Å²) in [5.74, 6) is 0.905. The molecule has 0 aliphatic carbocycles. The van der Waals surface area contributed by atoms with Crippen LogP contribution in [0.4, 0.5) is 16.3 Å². The van der Waals surface area contributed by atoms with Gasteiger partial charge in [-0.25, -0.2) is 9.78 Å². The van der Waals surface area contributed by atoms with Crippen LogP contribution in [0.1, 0.15) is 33.3 Å². The van der Waals surface area contributed by atoms with Crippen LogP contribution in [0.3, 0.4) is 0 Å². The number of aryl methyl sites for hydroxylation is 1. The molecule has 22 heavy (non-hydrogen) atoms. The second-order valence-electron chi connectivity index (χ2n) is 6.87. The van der Waals surface area contributed by atoms with Gasteiger partial charge in [0.1, 0.15) is 11.4 Å². The Morgan fingerprint density at radius 3 is 2.64 bits per heavy atom. The first-order valence-corrected chi connectivity index (χ1v) is 7.64. The van der Waals surface area contributed by atoms with Gasteiger partial charge < -0.3 is 20.3 Å². The molecule has 0 radical (unpaired) electrons. The predicted molar refractivity (Wildman–Crippen MR) is 88.0 cm³/mol. The highest BCUT2D eigenvalue weighted by molar-refractivity contribution is 5.69. The Morgan fingerprint density at radius 2 is 2.09 bits per heavy atom. The standard InChI is InChI=1S/C16H26N4O2/c1-11-8-14(18-9-13(11)17)19-6-7-20(12(2)10-19)15(21)22-16(3,4)5/h8-9,12H,6-7,10,17H2,1-5H3/t12-/m0/s1. The lowest BCUT2D eigenvalue weighted by Gasteiger charge is -2.40. The van der Waals surface area contributed by atoms with E-state index in [-0.39, 0.29) is 12.1 Å². The van der Waals surface area contributed by atoms with Crippen LogP contribution in [0.2, 0.25) is 0 Å². The largest absolute Gasteiger partial charge is 0.444 e. The van der Waals surface area contributed by atoms with Crippen LogP contribution in [0.5, 0.6) is 0 Å². The molecule has 0 bridgehead atoms. The molecule has 1 aliphatic heterocycles. The van der Waals surface area contributed by atoms with E-state index >= 15 is 0 Å². The number of carbonyl (C=O) groups is 1. The summed E-state index contributed by atoms with van der Waals surface area (Å²) in [5, 5.41) is 0. The number of nitrogens with two attached hydrogens (primary N) is 1. The highest BCUT2D eigenvalue weighted by Gasteiger charge is 2.31. The summed E-state index contributed by atoms with van der Waals surface area (Å²) in [7, 11) is 0. The third-order valence-corrected chi connectivity index (χ3v) is 3.72. The third kappa shape index (κ3) is 3.81. The van der Waals surface area contributed by atoms with Gasteiger partial charge in [0.2, 0.25) is 0 Å². The zero-order chi connectivity index (χ0) is 16.5. The van der Waals surface area contributed by atoms with E-state index < -0.39 is 5.60 Å². The van der Waals surface area contributed by atoms with Crippen molar-refractivity contribution in [2.75, 3.05) is 30.3 Å². The Morgan fingerprint density at radius 1 is 1.41 bits per heavy atom. The highest BCUT2D eigenvalue weighted by atomic mass is 16.6. The average Bonchev–Trinajstić information content (AvgIpc) is 2.39. The number of rotatable bonds is 1. The maximum Gasteiger partial charge on any atom is 0.410 e. The second-order valence-corrected chi connectivity index (χ2v) is 6.87. The third-order valence-electron chi connectivity index (χ3n) is 3.72. The Bertz CT molecular complexity index is 554. The summed E-state index contributed by atoms with van der Waals surface area (Å²) in [6, 6.07) is 2.06. The van der Waals surface area contributed by atoms with E-state index in [2.05, 4.69) is 9.88 Å². The molecule has 122 valence electrons. The molecule has 1 aliphatic rings. The van der Waals surface area contributed by atoms with Gasteiger partial charge in [0.25, 0.3) is 0 Å². The molecule has 2 rings (SSSR count). The molecule has 6 nitrogen and oxygen atoms in total. The lowest BCUT2D eigenvalue weighted by atomic mass is 10.1. The maximum absolute atomic E-state index is 12.2. The lowest BCUT2D eigenvalue weighted by molar-refractivity contribution is 0.0158. The van der Waals surface area contributed by atoms with E-state index in [0.29, 0.717) is 12.2 Å². The van der Waals surface area contributed by atoms with Crippen LogP contribution < -0.4 is 10.6 Å². The van der Waals surface area contributed by atoms with Gasteiger partial charge in [0, 0.05) is 25.7 Å². The van der Waals surface area contributed by atoms with Gasteiger partial charge >= 0.3 is 6.09 Å². The van der Waals surface area contributed by atoms with Gasteiger partial charge in [0.15, 0.2) is 0 Å². The van der Waals surface area contributed by atoms with Gasteiger partial charge in [0.05, 0.1) is 11.9 Å². The summed E-state index contributed by atoms with van der Waals surface area (Å²) in [6.45, 7) is 11.7. The molecular formula is C16H26N4O2. The smallest absolute Gasteiger partial charge is 0.410 e. The van der Waals surface area contributed by atoms with Crippen LogP contribution in [-0.2, 0) is 4.74 Å². The SMILES string of the molecule is Cc1cc(N2CCN(C(=O)OC(C)(C)C)[C@@H](C)C2)ncc1N. The number of hydrogen-bond acceptors (Lipinski definition) is 5. The van der Waals surface area contributed by atoms with Crippen molar-refractivity contribution in [3.63, 3.8) is 0 Å². The quantitative estimate of drug-likeness (QED) is 0.862. The van der Waals surface area contributed by atoms with E-state index in [4.69, 9.17) is 10.5 Å². The number of aromatic nitrogens is 1. The van der Waals surface area contributed by atoms with Crippen molar-refractivity contribution < 1.29 is 9.53 Å². The van der Waals surface area contributed by atoms with Crippen molar-refractivity contribution in [3.8, 4) is 0 Å². The Labute approximate surface area is 132 Å². The van der Waals surface area contributed by atoms with Crippen molar-refractivity contribution in [2.24, 2.45) is 0 Å². The monoisotopic (exact) mass is 306 g/mol. The molecule has 1 saturated heterocycles. The van der Waals surface area contributed by atoms with Crippen LogP contribution in [0.15, 0.2) is 12.3 Å². The Hall–Kier alpha value is -1.98. The van der Waals surface area contributed by atoms with Gasteiger partial charge in [-0.3, -0.25) is 0 Å². The lowest BCUT2D eigenvalue weighted by Crippen LogP contribution is -2.55. The first-order valence-electron chi connectivity index (χ1n) is 7.64. The Kier molecular flexibility index (Phi) is 4.49. The number of pyridine rings is 1. The summed E-state index contributed by atoms with van der Waals surface area (Å²) in [6.07, 6.45) is 1.44. The zero-order valence-electron chi connectivity index (χ0n) is 14.1. The molecule has 0 unspecified atom stereocenters. The van der Waals surface area contributed by atoms with Crippen molar-refractivity contribution in [3.05, 3.63) is 17.8 Å². The molecule has 0 aromatic carbocycles. The summed E-state index contributed by atoms with van der Waals surface area (Å²) in [4.78, 5) is 20.6. The number of piperazine rings is 1. The van der Waals surface area contributed by atoms with E-state index in [1.54, 1.807) is 11.1 Å². The van der Waals surface area contributed by atoms with Crippen LogP contribution in [0.25, 0.3) is 0 Å². The number of amides is 1. The van der Waals surface area contributed by atoms with Crippen LogP contribution >= 0.6 is 0 Å². The van der Waals surface area contributed by atoms with Gasteiger partial charge in [-0.05, 0) is 46.2 Å². The predicted octanol–water partition coefficient (Wildman–Crippen LogP) is 2.42. The minimum absolute atomic E-state index is 0.0725. The normalized spacial score (nSPS) is 19.2. The van der Waals surface area contributed by atoms with Gasteiger partial charge in [-0.2, -0.15) is 0 Å². The number of nitrogens with zero attached hydrogens (tertiary/aromatic N) is 3. The molecule has 0 spiro atoms. The molecule has 6 heteroatoms. The second kappa shape index (κ2) is 6.02. The molecule has 1 aromatic rings. The van der Waals surface area contributed by atoms with Crippen molar-refractivity contribution >= 4 is 17.6 Å². The van der Waals surface area contributed by atoms with Crippen molar-refractivity contribution in [2.45, 2.75) is 46.3 Å². The first kappa shape index (κ1) is 16.4. The highest BCUT2D eigenvalue weighted by Crippen LogP contribution is 2.22. The zero-order valence-corrected chi connectivity index (χ0v) is 14.1. The minimum Gasteiger partial charge on any atom is -0.444 e. The molecule has 0 saturated carbocycles. The molecule has 1 atom stereocenters. The number of carbonyl (C=O) groups excluding carboxylic acids is 1. The summed E-state index contributed by atoms with van der Waals surface area (Å²) >= 11 is 0. The Balaban J connectivity index is 2.03. The minimum atomic E-state index is -0.469. The van der Waals surface area contributed by atoms with Gasteiger partial charge in [-0.15, -0.1) is 0 Å². The number of nitrogen functional groups attached to an aromatic ring is 1. The molecular weight excluding hydrogens is 280 g/mol. The van der Waals surface area contributed by atoms with E-state index in [9.17, 15) is 4.79 Å². The summed E-state index contributed by atoms with van der Waals surface area (Å²) in [5.41, 5.74) is 7.07. The van der Waals surface area contributed by atoms with Crippen molar-refractivity contribution in [1.82, 2.24) is 9.88 Å². The van der Waals surface area contributed by atoms with Crippen LogP contribution in [-0.4, -0.2) is 47.3 Å². The van der Waals surface area contributed by atoms with E-state index in [1.807, 2.05) is 40.7 Å². The molecule has 1 amide bonds. The van der Waals surface area contributed by atoms with E-state index in [1.165, 1.54) is 0 Å². The fourth-order valence-electron chi connectivity index (χ4n) is 2.48. The topological polar surface area (TPSA) is 71.7 Å². The van der Waals surface area contributed by atoms with Crippen molar-refractivity contribution in [1.29, 1.82) is 0 Å². The number of anilines is 2. The van der Waals surface area contributed by atoms with E-state index in [0.717, 1.165) is 24.5 Å². The molecule has 2 N–H and O–H groups in total. The maximum atomic E-state index is 12.2. The van der Waals surface area contributed by atoms with Crippen LogP contribution in [0, 0.1) is 6.92 Å². The first-order chi connectivity index (χ1) is 10.2. The fraction of sp³-hybridized carbons (Fsp3) is 0.625. The molecule has 1 aromatic heterocycles. The molecule has 1 fully saturated rings. The summed E-state index contributed by atoms with van der Waals surface area (Å²) < 4.78 is 5.46.